The van der Waals surface area contributed by atoms with Crippen LogP contribution in [-0.4, -0.2) is 49.9 Å². The van der Waals surface area contributed by atoms with Crippen LogP contribution in [0.2, 0.25) is 0 Å². The van der Waals surface area contributed by atoms with Crippen LogP contribution < -0.4 is 4.80 Å². The van der Waals surface area contributed by atoms with E-state index < -0.39 is 10.0 Å². The summed E-state index contributed by atoms with van der Waals surface area (Å²) in [6, 6.07) is 18.1. The highest BCUT2D eigenvalue weighted by Crippen LogP contribution is 2.23. The second-order valence-electron chi connectivity index (χ2n) is 7.61. The molecule has 4 aromatic rings. The number of aromatic nitrogens is 1. The van der Waals surface area contributed by atoms with E-state index >= 15 is 0 Å². The van der Waals surface area contributed by atoms with Gasteiger partial charge in [-0.1, -0.05) is 28.1 Å². The molecule has 0 atom stereocenters. The van der Waals surface area contributed by atoms with Crippen LogP contribution >= 0.6 is 27.3 Å². The van der Waals surface area contributed by atoms with Crippen molar-refractivity contribution in [1.29, 1.82) is 0 Å². The van der Waals surface area contributed by atoms with E-state index in [-0.39, 0.29) is 4.90 Å². The van der Waals surface area contributed by atoms with Crippen LogP contribution in [0.5, 0.6) is 0 Å². The molecule has 0 amide bonds. The maximum absolute atomic E-state index is 12.9. The molecule has 180 valence electrons. The summed E-state index contributed by atoms with van der Waals surface area (Å²) in [6.07, 6.45) is 3.36. The summed E-state index contributed by atoms with van der Waals surface area (Å²) in [6.45, 7) is 1.53. The lowest BCUT2D eigenvalue weighted by Crippen LogP contribution is -2.40. The molecular weight excluding hydrogens is 552 g/mol. The van der Waals surface area contributed by atoms with Crippen LogP contribution in [0.4, 0.5) is 5.69 Å². The van der Waals surface area contributed by atoms with E-state index in [2.05, 4.69) is 21.0 Å². The van der Waals surface area contributed by atoms with Gasteiger partial charge in [0.25, 0.3) is 0 Å². The summed E-state index contributed by atoms with van der Waals surface area (Å²) in [5.74, 6) is 0.669. The third-order valence-electron chi connectivity index (χ3n) is 5.32. The van der Waals surface area contributed by atoms with Gasteiger partial charge in [-0.3, -0.25) is 0 Å². The predicted octanol–water partition coefficient (Wildman–Crippen LogP) is 4.71. The molecule has 2 aromatic heterocycles. The lowest BCUT2D eigenvalue weighted by atomic mass is 10.2. The number of benzene rings is 2. The highest BCUT2D eigenvalue weighted by atomic mass is 79.9. The van der Waals surface area contributed by atoms with Crippen LogP contribution in [-0.2, 0) is 14.8 Å². The van der Waals surface area contributed by atoms with Crippen LogP contribution in [0.25, 0.3) is 11.5 Å². The van der Waals surface area contributed by atoms with Crippen molar-refractivity contribution in [3.63, 3.8) is 0 Å². The fraction of sp³-hybridized carbons (Fsp3) is 0.167. The van der Waals surface area contributed by atoms with E-state index in [0.717, 1.165) is 15.7 Å². The van der Waals surface area contributed by atoms with Gasteiger partial charge in [0.15, 0.2) is 5.76 Å². The normalized spacial score (nSPS) is 15.7. The second kappa shape index (κ2) is 10.4. The molecule has 3 heterocycles. The van der Waals surface area contributed by atoms with E-state index in [1.54, 1.807) is 41.4 Å². The second-order valence-corrected chi connectivity index (χ2v) is 11.3. The Balaban J connectivity index is 1.49. The van der Waals surface area contributed by atoms with Crippen molar-refractivity contribution >= 4 is 49.2 Å². The molecule has 1 saturated heterocycles. The average Bonchev–Trinajstić information content (AvgIpc) is 3.55. The molecule has 0 bridgehead atoms. The topological polar surface area (TPSA) is 89.4 Å². The molecule has 0 spiro atoms. The first-order valence-electron chi connectivity index (χ1n) is 10.8. The van der Waals surface area contributed by atoms with E-state index in [1.165, 1.54) is 15.6 Å². The molecule has 5 rings (SSSR count). The van der Waals surface area contributed by atoms with Gasteiger partial charge in [-0.25, -0.2) is 18.1 Å². The van der Waals surface area contributed by atoms with Crippen molar-refractivity contribution in [2.75, 3.05) is 26.3 Å². The van der Waals surface area contributed by atoms with Gasteiger partial charge in [-0.2, -0.15) is 9.41 Å². The largest absolute Gasteiger partial charge is 0.463 e. The number of halogens is 1. The lowest BCUT2D eigenvalue weighted by molar-refractivity contribution is 0.0730. The molecule has 0 N–H and O–H groups in total. The quantitative estimate of drug-likeness (QED) is 0.313. The molecular formula is C24H21BrN4O4S2. The minimum Gasteiger partial charge on any atom is -0.463 e. The minimum atomic E-state index is -3.56. The first kappa shape index (κ1) is 23.9. The molecule has 2 aromatic carbocycles. The van der Waals surface area contributed by atoms with Gasteiger partial charge in [-0.05, 0) is 54.1 Å². The number of morpholine rings is 1. The Morgan fingerprint density at radius 2 is 1.74 bits per heavy atom. The standard InChI is InChI=1S/C24H21BrN4O4S2/c25-19-5-3-18(4-6-19)16-26-29-22(23-2-1-13-33-23)17-34-24(29)27-20-7-9-21(10-8-20)35(30,31)28-11-14-32-15-12-28/h1-10,13,16-17H,11-12,14-15H2. The molecule has 8 nitrogen and oxygen atoms in total. The van der Waals surface area contributed by atoms with Gasteiger partial charge in [0.05, 0.1) is 36.3 Å². The Morgan fingerprint density at radius 3 is 2.43 bits per heavy atom. The van der Waals surface area contributed by atoms with Crippen LogP contribution in [0.15, 0.2) is 96.2 Å². The van der Waals surface area contributed by atoms with Crippen molar-refractivity contribution < 1.29 is 17.6 Å². The van der Waals surface area contributed by atoms with E-state index in [1.807, 2.05) is 41.8 Å². The Morgan fingerprint density at radius 1 is 1.00 bits per heavy atom. The molecule has 35 heavy (non-hydrogen) atoms. The molecule has 1 aliphatic heterocycles. The smallest absolute Gasteiger partial charge is 0.243 e. The summed E-state index contributed by atoms with van der Waals surface area (Å²) in [4.78, 5) is 5.58. The van der Waals surface area contributed by atoms with Gasteiger partial charge in [0.1, 0.15) is 5.69 Å². The zero-order valence-electron chi connectivity index (χ0n) is 18.5. The monoisotopic (exact) mass is 572 g/mol. The number of thiazole rings is 1. The van der Waals surface area contributed by atoms with Gasteiger partial charge < -0.3 is 9.15 Å². The first-order chi connectivity index (χ1) is 17.0. The van der Waals surface area contributed by atoms with Gasteiger partial charge in [0.2, 0.25) is 14.8 Å². The van der Waals surface area contributed by atoms with Gasteiger partial charge >= 0.3 is 0 Å². The molecule has 11 heteroatoms. The number of ether oxygens (including phenoxy) is 1. The van der Waals surface area contributed by atoms with E-state index in [0.29, 0.717) is 42.6 Å². The number of rotatable bonds is 6. The summed E-state index contributed by atoms with van der Waals surface area (Å²) in [5.41, 5.74) is 2.31. The van der Waals surface area contributed by atoms with Crippen molar-refractivity contribution in [3.8, 4) is 11.5 Å². The van der Waals surface area contributed by atoms with Gasteiger partial charge in [-0.15, -0.1) is 11.3 Å². The first-order valence-corrected chi connectivity index (χ1v) is 13.9. The highest BCUT2D eigenvalue weighted by molar-refractivity contribution is 9.10. The van der Waals surface area contributed by atoms with Crippen molar-refractivity contribution in [2.45, 2.75) is 4.90 Å². The number of hydrogen-bond acceptors (Lipinski definition) is 7. The Kier molecular flexibility index (Phi) is 7.12. The molecule has 0 unspecified atom stereocenters. The molecule has 1 fully saturated rings. The molecule has 0 saturated carbocycles. The zero-order valence-corrected chi connectivity index (χ0v) is 21.7. The van der Waals surface area contributed by atoms with Gasteiger partial charge in [0, 0.05) is 22.9 Å². The zero-order chi connectivity index (χ0) is 24.3. The van der Waals surface area contributed by atoms with Crippen LogP contribution in [0.1, 0.15) is 5.56 Å². The minimum absolute atomic E-state index is 0.238. The Bertz CT molecular complexity index is 1480. The van der Waals surface area contributed by atoms with Crippen LogP contribution in [0.3, 0.4) is 0 Å². The lowest BCUT2D eigenvalue weighted by Gasteiger charge is -2.26. The number of hydrogen-bond donors (Lipinski definition) is 0. The fourth-order valence-electron chi connectivity index (χ4n) is 3.50. The molecule has 0 aliphatic carbocycles. The van der Waals surface area contributed by atoms with E-state index in [4.69, 9.17) is 14.1 Å². The summed E-state index contributed by atoms with van der Waals surface area (Å²) >= 11 is 4.85. The Labute approximate surface area is 215 Å². The fourth-order valence-corrected chi connectivity index (χ4v) is 6.00. The maximum atomic E-state index is 12.9. The number of sulfonamides is 1. The summed E-state index contributed by atoms with van der Waals surface area (Å²) in [7, 11) is -3.56. The van der Waals surface area contributed by atoms with Crippen molar-refractivity contribution in [3.05, 3.63) is 87.1 Å². The number of furan rings is 1. The molecule has 0 radical (unpaired) electrons. The predicted molar refractivity (Wildman–Crippen MR) is 138 cm³/mol. The third-order valence-corrected chi connectivity index (χ3v) is 8.58. The maximum Gasteiger partial charge on any atom is 0.243 e. The molecule has 1 aliphatic rings. The number of nitrogens with zero attached hydrogens (tertiary/aromatic N) is 4. The SMILES string of the molecule is O=S(=O)(c1ccc(N=c2scc(-c3ccco3)n2N=Cc2ccc(Br)cc2)cc1)N1CCOCC1. The third kappa shape index (κ3) is 5.39. The van der Waals surface area contributed by atoms with Crippen molar-refractivity contribution in [2.24, 2.45) is 10.1 Å². The van der Waals surface area contributed by atoms with E-state index in [9.17, 15) is 8.42 Å². The average molecular weight is 573 g/mol. The van der Waals surface area contributed by atoms with Crippen molar-refractivity contribution in [1.82, 2.24) is 8.98 Å². The summed E-state index contributed by atoms with van der Waals surface area (Å²) in [5, 5.41) is 6.58. The summed E-state index contributed by atoms with van der Waals surface area (Å²) < 4.78 is 40.8. The Hall–Kier alpha value is -2.83. The highest BCUT2D eigenvalue weighted by Gasteiger charge is 2.26. The van der Waals surface area contributed by atoms with Crippen LogP contribution in [0, 0.1) is 0 Å².